The van der Waals surface area contributed by atoms with Gasteiger partial charge in [-0.3, -0.25) is 4.98 Å². The minimum absolute atomic E-state index is 0.242. The van der Waals surface area contributed by atoms with Crippen LogP contribution in [0.15, 0.2) is 47.3 Å². The summed E-state index contributed by atoms with van der Waals surface area (Å²) in [5.41, 5.74) is 2.62. The van der Waals surface area contributed by atoms with Crippen LogP contribution in [0.5, 0.6) is 0 Å². The fourth-order valence-electron chi connectivity index (χ4n) is 2.21. The Morgan fingerprint density at radius 2 is 1.86 bits per heavy atom. The first-order valence-corrected chi connectivity index (χ1v) is 7.68. The summed E-state index contributed by atoms with van der Waals surface area (Å²) in [4.78, 5) is 8.40. The smallest absolute Gasteiger partial charge is 0.172 e. The topological polar surface area (TPSA) is 43.6 Å². The van der Waals surface area contributed by atoms with Gasteiger partial charge in [-0.25, -0.2) is 14.1 Å². The maximum atomic E-state index is 13.2. The van der Waals surface area contributed by atoms with Gasteiger partial charge in [-0.1, -0.05) is 13.8 Å². The molecule has 0 N–H and O–H groups in total. The number of rotatable bonds is 3. The van der Waals surface area contributed by atoms with E-state index in [0.717, 1.165) is 21.4 Å². The van der Waals surface area contributed by atoms with Crippen molar-refractivity contribution in [2.24, 2.45) is 0 Å². The summed E-state index contributed by atoms with van der Waals surface area (Å²) >= 11 is 3.63. The summed E-state index contributed by atoms with van der Waals surface area (Å²) in [5, 5.41) is 4.65. The van der Waals surface area contributed by atoms with Gasteiger partial charge in [0.15, 0.2) is 5.82 Å². The molecule has 0 aliphatic carbocycles. The maximum absolute atomic E-state index is 13.2. The zero-order chi connectivity index (χ0) is 15.7. The summed E-state index contributed by atoms with van der Waals surface area (Å²) in [6.45, 7) is 4.14. The van der Waals surface area contributed by atoms with Crippen LogP contribution in [-0.4, -0.2) is 19.7 Å². The number of benzene rings is 1. The van der Waals surface area contributed by atoms with Gasteiger partial charge in [0.25, 0.3) is 0 Å². The second-order valence-corrected chi connectivity index (χ2v) is 5.98. The van der Waals surface area contributed by atoms with E-state index in [1.54, 1.807) is 35.4 Å². The summed E-state index contributed by atoms with van der Waals surface area (Å²) in [6, 6.07) is 6.33. The molecule has 0 spiro atoms. The molecule has 6 heteroatoms. The Bertz CT molecular complexity index is 782. The van der Waals surface area contributed by atoms with Crippen LogP contribution in [0.25, 0.3) is 17.1 Å². The van der Waals surface area contributed by atoms with E-state index in [4.69, 9.17) is 0 Å². The first-order chi connectivity index (χ1) is 10.6. The lowest BCUT2D eigenvalue weighted by Gasteiger charge is -2.06. The summed E-state index contributed by atoms with van der Waals surface area (Å²) in [6.07, 6.45) is 4.88. The van der Waals surface area contributed by atoms with Gasteiger partial charge in [-0.05, 0) is 46.1 Å². The van der Waals surface area contributed by atoms with E-state index >= 15 is 0 Å². The molecular formula is C16H14BrFN4. The van der Waals surface area contributed by atoms with Gasteiger partial charge in [0.2, 0.25) is 0 Å². The Hall–Kier alpha value is -2.08. The van der Waals surface area contributed by atoms with Crippen molar-refractivity contribution in [2.75, 3.05) is 0 Å². The fraction of sp³-hybridized carbons (Fsp3) is 0.188. The van der Waals surface area contributed by atoms with Gasteiger partial charge in [0.1, 0.15) is 5.82 Å². The van der Waals surface area contributed by atoms with Gasteiger partial charge in [0, 0.05) is 18.0 Å². The van der Waals surface area contributed by atoms with E-state index < -0.39 is 0 Å². The van der Waals surface area contributed by atoms with Crippen LogP contribution < -0.4 is 0 Å². The van der Waals surface area contributed by atoms with E-state index in [1.807, 2.05) is 0 Å². The minimum Gasteiger partial charge on any atom is -0.259 e. The number of nitrogens with zero attached hydrogens (tertiary/aromatic N) is 4. The Balaban J connectivity index is 2.25. The first-order valence-electron chi connectivity index (χ1n) is 6.88. The van der Waals surface area contributed by atoms with Crippen LogP contribution in [-0.2, 0) is 0 Å². The summed E-state index contributed by atoms with van der Waals surface area (Å²) < 4.78 is 15.8. The minimum atomic E-state index is -0.269. The molecule has 0 bridgehead atoms. The summed E-state index contributed by atoms with van der Waals surface area (Å²) in [7, 11) is 0. The molecule has 1 aromatic carbocycles. The molecule has 0 unspecified atom stereocenters. The summed E-state index contributed by atoms with van der Waals surface area (Å²) in [5.74, 6) is 0.593. The first kappa shape index (κ1) is 14.8. The highest BCUT2D eigenvalue weighted by molar-refractivity contribution is 9.10. The van der Waals surface area contributed by atoms with Crippen LogP contribution in [0.3, 0.4) is 0 Å². The molecule has 3 aromatic rings. The molecule has 0 saturated heterocycles. The molecule has 2 aromatic heterocycles. The van der Waals surface area contributed by atoms with Crippen molar-refractivity contribution >= 4 is 15.9 Å². The SMILES string of the molecule is CC(C)c1nn(-c2cnccn2)c(-c2ccc(F)cc2)c1Br. The van der Waals surface area contributed by atoms with Crippen LogP contribution in [0.4, 0.5) is 4.39 Å². The largest absolute Gasteiger partial charge is 0.259 e. The molecule has 0 fully saturated rings. The lowest BCUT2D eigenvalue weighted by atomic mass is 10.1. The van der Waals surface area contributed by atoms with E-state index in [1.165, 1.54) is 12.1 Å². The Kier molecular flexibility index (Phi) is 4.02. The molecule has 0 amide bonds. The molecule has 0 atom stereocenters. The third-order valence-electron chi connectivity index (χ3n) is 3.28. The predicted molar refractivity (Wildman–Crippen MR) is 86.3 cm³/mol. The van der Waals surface area contributed by atoms with Crippen LogP contribution in [0, 0.1) is 5.82 Å². The van der Waals surface area contributed by atoms with Gasteiger partial charge in [-0.2, -0.15) is 5.10 Å². The van der Waals surface area contributed by atoms with Crippen molar-refractivity contribution in [2.45, 2.75) is 19.8 Å². The monoisotopic (exact) mass is 360 g/mol. The lowest BCUT2D eigenvalue weighted by Crippen LogP contribution is -2.03. The Morgan fingerprint density at radius 3 is 2.45 bits per heavy atom. The Labute approximate surface area is 136 Å². The van der Waals surface area contributed by atoms with Crippen LogP contribution in [0.2, 0.25) is 0 Å². The molecule has 2 heterocycles. The number of halogens is 2. The van der Waals surface area contributed by atoms with Crippen LogP contribution >= 0.6 is 15.9 Å². The number of hydrogen-bond donors (Lipinski definition) is 0. The number of aromatic nitrogens is 4. The van der Waals surface area contributed by atoms with Gasteiger partial charge in [-0.15, -0.1) is 0 Å². The van der Waals surface area contributed by atoms with Crippen molar-refractivity contribution in [1.29, 1.82) is 0 Å². The molecule has 0 aliphatic rings. The molecule has 0 aliphatic heterocycles. The van der Waals surface area contributed by atoms with Crippen LogP contribution in [0.1, 0.15) is 25.5 Å². The van der Waals surface area contributed by atoms with Crippen molar-refractivity contribution in [3.63, 3.8) is 0 Å². The van der Waals surface area contributed by atoms with Gasteiger partial charge >= 0.3 is 0 Å². The highest BCUT2D eigenvalue weighted by atomic mass is 79.9. The zero-order valence-corrected chi connectivity index (χ0v) is 13.7. The van der Waals surface area contributed by atoms with E-state index in [2.05, 4.69) is 44.8 Å². The average molecular weight is 361 g/mol. The highest BCUT2D eigenvalue weighted by Crippen LogP contribution is 2.35. The fourth-order valence-corrected chi connectivity index (χ4v) is 3.14. The van der Waals surface area contributed by atoms with Gasteiger partial charge < -0.3 is 0 Å². The maximum Gasteiger partial charge on any atom is 0.172 e. The van der Waals surface area contributed by atoms with Crippen molar-refractivity contribution in [3.05, 3.63) is 58.8 Å². The van der Waals surface area contributed by atoms with Crippen molar-refractivity contribution in [3.8, 4) is 17.1 Å². The molecule has 0 saturated carbocycles. The Morgan fingerprint density at radius 1 is 1.14 bits per heavy atom. The number of hydrogen-bond acceptors (Lipinski definition) is 3. The molecule has 3 rings (SSSR count). The second kappa shape index (κ2) is 5.96. The third kappa shape index (κ3) is 2.66. The molecular weight excluding hydrogens is 347 g/mol. The third-order valence-corrected chi connectivity index (χ3v) is 4.07. The van der Waals surface area contributed by atoms with Crippen molar-refractivity contribution in [1.82, 2.24) is 19.7 Å². The highest BCUT2D eigenvalue weighted by Gasteiger charge is 2.21. The molecule has 22 heavy (non-hydrogen) atoms. The van der Waals surface area contributed by atoms with E-state index in [0.29, 0.717) is 5.82 Å². The standard InChI is InChI=1S/C16H14BrFN4/c1-10(2)15-14(17)16(11-3-5-12(18)6-4-11)22(21-15)13-9-19-7-8-20-13/h3-10H,1-2H3. The lowest BCUT2D eigenvalue weighted by molar-refractivity contribution is 0.628. The average Bonchev–Trinajstić information content (AvgIpc) is 2.87. The van der Waals surface area contributed by atoms with E-state index in [9.17, 15) is 4.39 Å². The van der Waals surface area contributed by atoms with Crippen molar-refractivity contribution < 1.29 is 4.39 Å². The molecule has 0 radical (unpaired) electrons. The molecule has 4 nitrogen and oxygen atoms in total. The van der Waals surface area contributed by atoms with Gasteiger partial charge in [0.05, 0.1) is 22.1 Å². The normalized spacial score (nSPS) is 11.1. The van der Waals surface area contributed by atoms with E-state index in [-0.39, 0.29) is 11.7 Å². The second-order valence-electron chi connectivity index (χ2n) is 5.18. The predicted octanol–water partition coefficient (Wildman–Crippen LogP) is 4.35. The zero-order valence-electron chi connectivity index (χ0n) is 12.2. The molecule has 112 valence electrons. The quantitative estimate of drug-likeness (QED) is 0.697.